The Morgan fingerprint density at radius 3 is 2.46 bits per heavy atom. The fourth-order valence-electron chi connectivity index (χ4n) is 2.83. The van der Waals surface area contributed by atoms with Gasteiger partial charge in [-0.25, -0.2) is 4.79 Å². The van der Waals surface area contributed by atoms with E-state index < -0.39 is 17.8 Å². The summed E-state index contributed by atoms with van der Waals surface area (Å²) in [7, 11) is 0. The van der Waals surface area contributed by atoms with Crippen LogP contribution in [-0.2, 0) is 11.0 Å². The Morgan fingerprint density at radius 1 is 1.23 bits per heavy atom. The van der Waals surface area contributed by atoms with Crippen LogP contribution >= 0.6 is 0 Å². The number of alkyl halides is 3. The SMILES string of the molecule is CC(C)NC(=O)NC(=O)C[NH+]1CCN(c2cccc(C(F)(F)F)c2)CC1. The fourth-order valence-corrected chi connectivity index (χ4v) is 2.83. The molecule has 0 spiro atoms. The average Bonchev–Trinajstić information content (AvgIpc) is 2.54. The number of hydrogen-bond donors (Lipinski definition) is 3. The number of urea groups is 1. The summed E-state index contributed by atoms with van der Waals surface area (Å²) >= 11 is 0. The van der Waals surface area contributed by atoms with E-state index in [0.29, 0.717) is 31.9 Å². The number of carbonyl (C=O) groups excluding carboxylic acids is 2. The van der Waals surface area contributed by atoms with E-state index in [-0.39, 0.29) is 18.5 Å². The smallest absolute Gasteiger partial charge is 0.360 e. The van der Waals surface area contributed by atoms with Crippen molar-refractivity contribution in [3.8, 4) is 0 Å². The van der Waals surface area contributed by atoms with Gasteiger partial charge in [0.25, 0.3) is 5.91 Å². The molecule has 2 rings (SSSR count). The summed E-state index contributed by atoms with van der Waals surface area (Å²) in [6.45, 7) is 6.04. The van der Waals surface area contributed by atoms with Gasteiger partial charge >= 0.3 is 12.2 Å². The summed E-state index contributed by atoms with van der Waals surface area (Å²) in [5, 5.41) is 4.85. The van der Waals surface area contributed by atoms with Crippen LogP contribution in [0.4, 0.5) is 23.7 Å². The van der Waals surface area contributed by atoms with Crippen LogP contribution in [0.5, 0.6) is 0 Å². The maximum atomic E-state index is 12.8. The predicted octanol–water partition coefficient (Wildman–Crippen LogP) is 0.645. The minimum absolute atomic E-state index is 0.0637. The van der Waals surface area contributed by atoms with Gasteiger partial charge < -0.3 is 15.1 Å². The van der Waals surface area contributed by atoms with Crippen molar-refractivity contribution in [1.82, 2.24) is 10.6 Å². The van der Waals surface area contributed by atoms with E-state index in [9.17, 15) is 22.8 Å². The number of imide groups is 1. The molecule has 1 aromatic rings. The second kappa shape index (κ2) is 8.39. The summed E-state index contributed by atoms with van der Waals surface area (Å²) in [5.41, 5.74) is -0.139. The molecule has 0 aromatic heterocycles. The van der Waals surface area contributed by atoms with Crippen LogP contribution in [0, 0.1) is 0 Å². The molecule has 6 nitrogen and oxygen atoms in total. The molecule has 1 aromatic carbocycles. The van der Waals surface area contributed by atoms with Gasteiger partial charge in [0, 0.05) is 11.7 Å². The highest BCUT2D eigenvalue weighted by Gasteiger charge is 2.31. The molecule has 0 unspecified atom stereocenters. The van der Waals surface area contributed by atoms with E-state index >= 15 is 0 Å². The number of nitrogens with one attached hydrogen (secondary N) is 3. The van der Waals surface area contributed by atoms with Crippen LogP contribution in [-0.4, -0.2) is 50.7 Å². The molecule has 0 radical (unpaired) electrons. The molecule has 0 saturated carbocycles. The van der Waals surface area contributed by atoms with Crippen molar-refractivity contribution in [2.24, 2.45) is 0 Å². The maximum absolute atomic E-state index is 12.8. The lowest BCUT2D eigenvalue weighted by Crippen LogP contribution is -3.16. The highest BCUT2D eigenvalue weighted by molar-refractivity contribution is 5.94. The Morgan fingerprint density at radius 2 is 1.88 bits per heavy atom. The van der Waals surface area contributed by atoms with E-state index in [0.717, 1.165) is 17.0 Å². The quantitative estimate of drug-likeness (QED) is 0.726. The van der Waals surface area contributed by atoms with Crippen LogP contribution in [0.2, 0.25) is 0 Å². The van der Waals surface area contributed by atoms with E-state index in [1.807, 2.05) is 4.90 Å². The van der Waals surface area contributed by atoms with E-state index in [1.54, 1.807) is 19.9 Å². The minimum Gasteiger partial charge on any atom is -0.360 e. The van der Waals surface area contributed by atoms with E-state index in [1.165, 1.54) is 6.07 Å². The third-order valence-electron chi connectivity index (χ3n) is 4.09. The van der Waals surface area contributed by atoms with Gasteiger partial charge in [0.2, 0.25) is 0 Å². The molecule has 0 aliphatic carbocycles. The number of rotatable bonds is 4. The summed E-state index contributed by atoms with van der Waals surface area (Å²) in [6.07, 6.45) is -4.36. The topological polar surface area (TPSA) is 65.9 Å². The third kappa shape index (κ3) is 5.91. The molecule has 9 heteroatoms. The molecule has 1 aliphatic rings. The van der Waals surface area contributed by atoms with Gasteiger partial charge in [-0.15, -0.1) is 0 Å². The normalized spacial score (nSPS) is 15.8. The number of anilines is 1. The Labute approximate surface area is 150 Å². The van der Waals surface area contributed by atoms with Crippen molar-refractivity contribution in [1.29, 1.82) is 0 Å². The molecule has 0 atom stereocenters. The first-order chi connectivity index (χ1) is 12.1. The van der Waals surface area contributed by atoms with Crippen LogP contribution in [0.3, 0.4) is 0 Å². The molecular formula is C17H24F3N4O2+. The van der Waals surface area contributed by atoms with Crippen molar-refractivity contribution in [2.75, 3.05) is 37.6 Å². The lowest BCUT2D eigenvalue weighted by atomic mass is 10.1. The maximum Gasteiger partial charge on any atom is 0.416 e. The Hall–Kier alpha value is -2.29. The second-order valence-corrected chi connectivity index (χ2v) is 6.64. The molecule has 1 aliphatic heterocycles. The minimum atomic E-state index is -4.36. The third-order valence-corrected chi connectivity index (χ3v) is 4.09. The van der Waals surface area contributed by atoms with Crippen LogP contribution in [0.15, 0.2) is 24.3 Å². The molecule has 1 heterocycles. The Kier molecular flexibility index (Phi) is 6.47. The number of piperazine rings is 1. The number of amides is 3. The first-order valence-corrected chi connectivity index (χ1v) is 8.51. The molecular weight excluding hydrogens is 349 g/mol. The second-order valence-electron chi connectivity index (χ2n) is 6.64. The number of halogens is 3. The Balaban J connectivity index is 1.84. The summed E-state index contributed by atoms with van der Waals surface area (Å²) in [5.74, 6) is -0.370. The standard InChI is InChI=1S/C17H23F3N4O2/c1-12(2)21-16(26)22-15(25)11-23-6-8-24(9-7-23)14-5-3-4-13(10-14)17(18,19)20/h3-5,10,12H,6-9,11H2,1-2H3,(H2,21,22,25,26)/p+1. The van der Waals surface area contributed by atoms with Gasteiger partial charge in [-0.2, -0.15) is 13.2 Å². The number of hydrogen-bond acceptors (Lipinski definition) is 3. The van der Waals surface area contributed by atoms with Crippen molar-refractivity contribution in [3.63, 3.8) is 0 Å². The lowest BCUT2D eigenvalue weighted by Gasteiger charge is -2.33. The molecule has 0 bridgehead atoms. The zero-order valence-electron chi connectivity index (χ0n) is 14.8. The van der Waals surface area contributed by atoms with Crippen molar-refractivity contribution in [2.45, 2.75) is 26.1 Å². The number of carbonyl (C=O) groups is 2. The van der Waals surface area contributed by atoms with Crippen LogP contribution in [0.25, 0.3) is 0 Å². The van der Waals surface area contributed by atoms with Gasteiger partial charge in [0.1, 0.15) is 0 Å². The average molecular weight is 373 g/mol. The highest BCUT2D eigenvalue weighted by Crippen LogP contribution is 2.31. The molecule has 3 N–H and O–H groups in total. The lowest BCUT2D eigenvalue weighted by molar-refractivity contribution is -0.892. The first-order valence-electron chi connectivity index (χ1n) is 8.51. The van der Waals surface area contributed by atoms with Crippen LogP contribution < -0.4 is 20.4 Å². The van der Waals surface area contributed by atoms with Gasteiger partial charge in [-0.3, -0.25) is 10.1 Å². The summed E-state index contributed by atoms with van der Waals surface area (Å²) < 4.78 is 38.5. The van der Waals surface area contributed by atoms with E-state index in [2.05, 4.69) is 10.6 Å². The molecule has 3 amide bonds. The highest BCUT2D eigenvalue weighted by atomic mass is 19.4. The van der Waals surface area contributed by atoms with E-state index in [4.69, 9.17) is 0 Å². The van der Waals surface area contributed by atoms with Gasteiger partial charge in [0.15, 0.2) is 6.54 Å². The first kappa shape index (κ1) is 20.0. The van der Waals surface area contributed by atoms with Gasteiger partial charge in [0.05, 0.1) is 31.7 Å². The zero-order chi connectivity index (χ0) is 19.3. The summed E-state index contributed by atoms with van der Waals surface area (Å²) in [6, 6.07) is 4.67. The predicted molar refractivity (Wildman–Crippen MR) is 91.0 cm³/mol. The van der Waals surface area contributed by atoms with Gasteiger partial charge in [-0.1, -0.05) is 6.07 Å². The molecule has 1 saturated heterocycles. The molecule has 1 fully saturated rings. The number of benzene rings is 1. The number of nitrogens with zero attached hydrogens (tertiary/aromatic N) is 1. The number of quaternary nitrogens is 1. The van der Waals surface area contributed by atoms with Crippen LogP contribution in [0.1, 0.15) is 19.4 Å². The Bertz CT molecular complexity index is 641. The fraction of sp³-hybridized carbons (Fsp3) is 0.529. The monoisotopic (exact) mass is 373 g/mol. The largest absolute Gasteiger partial charge is 0.416 e. The van der Waals surface area contributed by atoms with Crippen molar-refractivity contribution in [3.05, 3.63) is 29.8 Å². The summed E-state index contributed by atoms with van der Waals surface area (Å²) in [4.78, 5) is 26.2. The molecule has 144 valence electrons. The van der Waals surface area contributed by atoms with Crippen molar-refractivity contribution >= 4 is 17.6 Å². The van der Waals surface area contributed by atoms with Crippen molar-refractivity contribution < 1.29 is 27.7 Å². The van der Waals surface area contributed by atoms with Gasteiger partial charge in [-0.05, 0) is 32.0 Å². The molecule has 26 heavy (non-hydrogen) atoms. The zero-order valence-corrected chi connectivity index (χ0v) is 14.8.